The smallest absolute Gasteiger partial charge is 0.250 e. The van der Waals surface area contributed by atoms with E-state index < -0.39 is 5.91 Å². The number of nitrogens with zero attached hydrogens (tertiary/aromatic N) is 3. The molecule has 1 fully saturated rings. The van der Waals surface area contributed by atoms with Crippen molar-refractivity contribution in [1.29, 1.82) is 0 Å². The Hall–Kier alpha value is -2.12. The largest absolute Gasteiger partial charge is 0.391 e. The first-order valence-electron chi connectivity index (χ1n) is 6.38. The van der Waals surface area contributed by atoms with Crippen LogP contribution in [0.4, 0.5) is 5.82 Å². The van der Waals surface area contributed by atoms with Gasteiger partial charge in [-0.3, -0.25) is 9.89 Å². The van der Waals surface area contributed by atoms with Crippen LogP contribution in [0.1, 0.15) is 16.8 Å². The van der Waals surface area contributed by atoms with E-state index in [1.807, 2.05) is 4.90 Å². The molecule has 1 amide bonds. The lowest BCUT2D eigenvalue weighted by molar-refractivity contribution is 0.1000. The van der Waals surface area contributed by atoms with Crippen LogP contribution in [0.3, 0.4) is 0 Å². The second-order valence-corrected chi connectivity index (χ2v) is 4.82. The van der Waals surface area contributed by atoms with Crippen LogP contribution in [0, 0.1) is 0 Å². The molecule has 0 saturated carbocycles. The highest BCUT2D eigenvalue weighted by Gasteiger charge is 2.24. The summed E-state index contributed by atoms with van der Waals surface area (Å²) in [6, 6.07) is 3.50. The summed E-state index contributed by atoms with van der Waals surface area (Å²) in [5, 5.41) is 16.4. The Balaban J connectivity index is 0.00000161. The number of aliphatic hydroxyl groups excluding tert-OH is 1. The minimum Gasteiger partial charge on any atom is -0.391 e. The van der Waals surface area contributed by atoms with Gasteiger partial charge >= 0.3 is 0 Å². The Bertz CT molecular complexity index is 631. The van der Waals surface area contributed by atoms with Crippen molar-refractivity contribution >= 4 is 24.1 Å². The molecule has 7 nitrogen and oxygen atoms in total. The van der Waals surface area contributed by atoms with Crippen molar-refractivity contribution < 1.29 is 9.90 Å². The first-order chi connectivity index (χ1) is 9.65. The normalized spacial score (nSPS) is 17.6. The number of halogens is 1. The predicted octanol–water partition coefficient (Wildman–Crippen LogP) is 0.563. The molecule has 2 aromatic heterocycles. The quantitative estimate of drug-likeness (QED) is 0.768. The van der Waals surface area contributed by atoms with Crippen LogP contribution < -0.4 is 10.6 Å². The topological polar surface area (TPSA) is 108 Å². The number of aliphatic hydroxyl groups is 1. The third-order valence-corrected chi connectivity index (χ3v) is 3.41. The first kappa shape index (κ1) is 15.3. The highest BCUT2D eigenvalue weighted by atomic mass is 35.5. The number of primary amides is 1. The fourth-order valence-electron chi connectivity index (χ4n) is 2.38. The Morgan fingerprint density at radius 1 is 1.52 bits per heavy atom. The van der Waals surface area contributed by atoms with E-state index in [0.717, 1.165) is 23.6 Å². The molecule has 0 aliphatic carbocycles. The van der Waals surface area contributed by atoms with Crippen molar-refractivity contribution in [3.63, 3.8) is 0 Å². The number of anilines is 1. The highest BCUT2D eigenvalue weighted by molar-refractivity contribution is 5.94. The number of pyridine rings is 1. The maximum absolute atomic E-state index is 11.3. The van der Waals surface area contributed by atoms with Gasteiger partial charge in [0.25, 0.3) is 0 Å². The van der Waals surface area contributed by atoms with Crippen LogP contribution in [0.15, 0.2) is 24.5 Å². The van der Waals surface area contributed by atoms with Gasteiger partial charge in [-0.25, -0.2) is 4.98 Å². The lowest BCUT2D eigenvalue weighted by atomic mass is 10.1. The first-order valence-corrected chi connectivity index (χ1v) is 6.38. The summed E-state index contributed by atoms with van der Waals surface area (Å²) < 4.78 is 0. The molecule has 21 heavy (non-hydrogen) atoms. The summed E-state index contributed by atoms with van der Waals surface area (Å²) in [5.74, 6) is 0.196. The van der Waals surface area contributed by atoms with E-state index in [9.17, 15) is 9.90 Å². The number of β-amino-alcohol motifs (C(OH)–C–C–N with tert-alkyl or cyclic N) is 1. The van der Waals surface area contributed by atoms with Crippen molar-refractivity contribution in [2.24, 2.45) is 5.73 Å². The summed E-state index contributed by atoms with van der Waals surface area (Å²) in [6.07, 6.45) is 3.46. The van der Waals surface area contributed by atoms with Gasteiger partial charge in [-0.05, 0) is 18.6 Å². The molecule has 0 spiro atoms. The minimum absolute atomic E-state index is 0. The standard InChI is InChI=1S/C13H15N5O2.ClH/c14-12(20)8-5-10(11-1-3-16-17-11)13(15-6-8)18-4-2-9(19)7-18;/h1,3,5-6,9,19H,2,4,7H2,(H2,14,20)(H,16,17);1H/t9-;/m1./s1. The number of hydrogen-bond acceptors (Lipinski definition) is 5. The second-order valence-electron chi connectivity index (χ2n) is 4.82. The Kier molecular flexibility index (Phi) is 4.44. The van der Waals surface area contributed by atoms with Gasteiger partial charge in [0.1, 0.15) is 5.82 Å². The Labute approximate surface area is 127 Å². The van der Waals surface area contributed by atoms with E-state index in [2.05, 4.69) is 15.2 Å². The van der Waals surface area contributed by atoms with Crippen molar-refractivity contribution in [2.75, 3.05) is 18.0 Å². The summed E-state index contributed by atoms with van der Waals surface area (Å²) in [4.78, 5) is 17.6. The minimum atomic E-state index is -0.522. The molecule has 0 bridgehead atoms. The fraction of sp³-hybridized carbons (Fsp3) is 0.308. The number of nitrogens with one attached hydrogen (secondary N) is 1. The van der Waals surface area contributed by atoms with E-state index in [1.165, 1.54) is 6.20 Å². The molecular weight excluding hydrogens is 294 g/mol. The second kappa shape index (κ2) is 6.11. The maximum atomic E-state index is 11.3. The monoisotopic (exact) mass is 309 g/mol. The van der Waals surface area contributed by atoms with E-state index in [1.54, 1.807) is 18.3 Å². The SMILES string of the molecule is Cl.NC(=O)c1cnc(N2CC[C@@H](O)C2)c(-c2ccn[nH]2)c1. The van der Waals surface area contributed by atoms with Gasteiger partial charge in [-0.15, -0.1) is 12.4 Å². The number of carbonyl (C=O) groups is 1. The van der Waals surface area contributed by atoms with Crippen LogP contribution in [-0.2, 0) is 0 Å². The molecule has 1 saturated heterocycles. The lowest BCUT2D eigenvalue weighted by Gasteiger charge is -2.20. The van der Waals surface area contributed by atoms with Crippen LogP contribution in [0.5, 0.6) is 0 Å². The van der Waals surface area contributed by atoms with Gasteiger partial charge in [-0.2, -0.15) is 5.10 Å². The van der Waals surface area contributed by atoms with Gasteiger partial charge in [0, 0.05) is 31.0 Å². The van der Waals surface area contributed by atoms with Crippen molar-refractivity contribution in [3.8, 4) is 11.3 Å². The Morgan fingerprint density at radius 3 is 2.90 bits per heavy atom. The summed E-state index contributed by atoms with van der Waals surface area (Å²) in [5.41, 5.74) is 7.17. The van der Waals surface area contributed by atoms with Gasteiger partial charge < -0.3 is 15.7 Å². The number of hydrogen-bond donors (Lipinski definition) is 3. The van der Waals surface area contributed by atoms with Gasteiger partial charge in [-0.1, -0.05) is 0 Å². The van der Waals surface area contributed by atoms with Crippen molar-refractivity contribution in [2.45, 2.75) is 12.5 Å². The van der Waals surface area contributed by atoms with Crippen LogP contribution in [0.25, 0.3) is 11.3 Å². The zero-order valence-corrected chi connectivity index (χ0v) is 12.0. The van der Waals surface area contributed by atoms with Crippen LogP contribution in [0.2, 0.25) is 0 Å². The van der Waals surface area contributed by atoms with Crippen molar-refractivity contribution in [3.05, 3.63) is 30.1 Å². The molecule has 2 aromatic rings. The number of carbonyl (C=O) groups excluding carboxylic acids is 1. The third-order valence-electron chi connectivity index (χ3n) is 3.41. The molecule has 3 heterocycles. The number of H-pyrrole nitrogens is 1. The number of amides is 1. The van der Waals surface area contributed by atoms with Gasteiger partial charge in [0.2, 0.25) is 5.91 Å². The van der Waals surface area contributed by atoms with Gasteiger partial charge in [0.05, 0.1) is 17.4 Å². The number of aromatic nitrogens is 3. The molecule has 8 heteroatoms. The van der Waals surface area contributed by atoms with Gasteiger partial charge in [0.15, 0.2) is 0 Å². The molecule has 4 N–H and O–H groups in total. The van der Waals surface area contributed by atoms with Crippen LogP contribution in [-0.4, -0.2) is 45.4 Å². The summed E-state index contributed by atoms with van der Waals surface area (Å²) in [6.45, 7) is 1.26. The maximum Gasteiger partial charge on any atom is 0.250 e. The zero-order valence-electron chi connectivity index (χ0n) is 11.2. The molecule has 0 unspecified atom stereocenters. The average Bonchev–Trinajstić information content (AvgIpc) is 3.09. The molecule has 1 aliphatic heterocycles. The van der Waals surface area contributed by atoms with E-state index in [0.29, 0.717) is 18.5 Å². The molecule has 3 rings (SSSR count). The molecule has 0 aromatic carbocycles. The predicted molar refractivity (Wildman–Crippen MR) is 80.4 cm³/mol. The van der Waals surface area contributed by atoms with Crippen molar-refractivity contribution in [1.82, 2.24) is 15.2 Å². The third kappa shape index (κ3) is 2.98. The average molecular weight is 310 g/mol. The molecular formula is C13H16ClN5O2. The Morgan fingerprint density at radius 2 is 2.33 bits per heavy atom. The highest BCUT2D eigenvalue weighted by Crippen LogP contribution is 2.30. The lowest BCUT2D eigenvalue weighted by Crippen LogP contribution is -2.23. The molecule has 112 valence electrons. The molecule has 0 radical (unpaired) electrons. The number of nitrogens with two attached hydrogens (primary N) is 1. The fourth-order valence-corrected chi connectivity index (χ4v) is 2.38. The zero-order chi connectivity index (χ0) is 14.1. The molecule has 1 aliphatic rings. The van der Waals surface area contributed by atoms with E-state index in [4.69, 9.17) is 5.73 Å². The summed E-state index contributed by atoms with van der Waals surface area (Å²) >= 11 is 0. The molecule has 1 atom stereocenters. The number of rotatable bonds is 3. The van der Waals surface area contributed by atoms with E-state index >= 15 is 0 Å². The summed E-state index contributed by atoms with van der Waals surface area (Å²) in [7, 11) is 0. The van der Waals surface area contributed by atoms with E-state index in [-0.39, 0.29) is 18.5 Å². The number of aromatic amines is 1. The van der Waals surface area contributed by atoms with Crippen LogP contribution >= 0.6 is 12.4 Å².